The Bertz CT molecular complexity index is 1000. The molecule has 2 aromatic rings. The second-order valence-corrected chi connectivity index (χ2v) is 10.2. The number of hydrogen-bond acceptors (Lipinski definition) is 3. The van der Waals surface area contributed by atoms with Crippen molar-refractivity contribution in [1.82, 2.24) is 10.2 Å². The third-order valence-electron chi connectivity index (χ3n) is 6.94. The molecule has 1 saturated heterocycles. The van der Waals surface area contributed by atoms with Gasteiger partial charge in [0.15, 0.2) is 0 Å². The lowest BCUT2D eigenvalue weighted by Gasteiger charge is -2.40. The Labute approximate surface area is 201 Å². The Morgan fingerprint density at radius 3 is 2.55 bits per heavy atom. The summed E-state index contributed by atoms with van der Waals surface area (Å²) in [5.74, 6) is 0.191. The van der Waals surface area contributed by atoms with Gasteiger partial charge in [0.1, 0.15) is 6.04 Å². The molecule has 176 valence electrons. The van der Waals surface area contributed by atoms with Crippen LogP contribution in [0.3, 0.4) is 0 Å². The molecule has 1 fully saturated rings. The molecule has 6 heteroatoms. The number of rotatable bonds is 6. The summed E-state index contributed by atoms with van der Waals surface area (Å²) < 4.78 is 5.63. The maximum absolute atomic E-state index is 13.5. The van der Waals surface area contributed by atoms with Crippen LogP contribution in [0.2, 0.25) is 5.02 Å². The van der Waals surface area contributed by atoms with E-state index in [1.165, 1.54) is 0 Å². The maximum atomic E-state index is 13.5. The Morgan fingerprint density at radius 1 is 1.12 bits per heavy atom. The number of carbonyl (C=O) groups excluding carboxylic acids is 2. The van der Waals surface area contributed by atoms with Crippen molar-refractivity contribution in [2.45, 2.75) is 57.5 Å². The lowest BCUT2D eigenvalue weighted by Crippen LogP contribution is -2.55. The molecule has 2 aromatic carbocycles. The van der Waals surface area contributed by atoms with Crippen LogP contribution in [0.25, 0.3) is 0 Å². The number of amides is 2. The van der Waals surface area contributed by atoms with Gasteiger partial charge >= 0.3 is 0 Å². The quantitative estimate of drug-likeness (QED) is 0.678. The smallest absolute Gasteiger partial charge is 0.243 e. The van der Waals surface area contributed by atoms with Crippen LogP contribution in [-0.4, -0.2) is 42.5 Å². The summed E-state index contributed by atoms with van der Waals surface area (Å²) in [5.41, 5.74) is 3.17. The van der Waals surface area contributed by atoms with Gasteiger partial charge in [-0.3, -0.25) is 9.59 Å². The Kier molecular flexibility index (Phi) is 7.40. The van der Waals surface area contributed by atoms with Crippen molar-refractivity contribution in [3.05, 3.63) is 70.2 Å². The average Bonchev–Trinajstić information content (AvgIpc) is 2.82. The highest BCUT2D eigenvalue weighted by atomic mass is 35.5. The van der Waals surface area contributed by atoms with Crippen molar-refractivity contribution in [1.29, 1.82) is 0 Å². The van der Waals surface area contributed by atoms with Gasteiger partial charge in [0.2, 0.25) is 11.8 Å². The topological polar surface area (TPSA) is 58.6 Å². The van der Waals surface area contributed by atoms with Crippen molar-refractivity contribution < 1.29 is 14.3 Å². The second kappa shape index (κ2) is 10.3. The highest BCUT2D eigenvalue weighted by molar-refractivity contribution is 6.30. The first kappa shape index (κ1) is 23.8. The predicted molar refractivity (Wildman–Crippen MR) is 130 cm³/mol. The van der Waals surface area contributed by atoms with Crippen LogP contribution in [0, 0.1) is 5.92 Å². The third-order valence-corrected chi connectivity index (χ3v) is 7.18. The summed E-state index contributed by atoms with van der Waals surface area (Å²) in [6, 6.07) is 15.5. The van der Waals surface area contributed by atoms with Crippen molar-refractivity contribution in [3.63, 3.8) is 0 Å². The maximum Gasteiger partial charge on any atom is 0.243 e. The summed E-state index contributed by atoms with van der Waals surface area (Å²) >= 11 is 6.29. The number of fused-ring (bicyclic) bond motifs is 1. The van der Waals surface area contributed by atoms with Gasteiger partial charge in [0.25, 0.3) is 0 Å². The largest absolute Gasteiger partial charge is 0.381 e. The monoisotopic (exact) mass is 468 g/mol. The van der Waals surface area contributed by atoms with Crippen molar-refractivity contribution in [3.8, 4) is 0 Å². The minimum Gasteiger partial charge on any atom is -0.381 e. The lowest BCUT2D eigenvalue weighted by atomic mass is 9.74. The Hall–Kier alpha value is -2.37. The standard InChI is InChI=1S/C27H33ClN2O3/c1-19(2)14-25(31)30-17-21-7-4-3-6-20(21)15-24(30)26(32)29-18-27(10-12-33-13-11-27)22-8-5-9-23(28)16-22/h3-9,16,19,24H,10-15,17-18H2,1-2H3,(H,29,32). The molecule has 0 aliphatic carbocycles. The summed E-state index contributed by atoms with van der Waals surface area (Å²) in [7, 11) is 0. The van der Waals surface area contributed by atoms with E-state index in [1.807, 2.05) is 44.2 Å². The van der Waals surface area contributed by atoms with E-state index in [0.29, 0.717) is 44.2 Å². The van der Waals surface area contributed by atoms with Gasteiger partial charge in [-0.15, -0.1) is 0 Å². The first-order chi connectivity index (χ1) is 15.9. The molecule has 2 heterocycles. The molecule has 4 rings (SSSR count). The normalized spacial score (nSPS) is 19.8. The number of hydrogen-bond donors (Lipinski definition) is 1. The zero-order chi connectivity index (χ0) is 23.4. The molecule has 1 unspecified atom stereocenters. The van der Waals surface area contributed by atoms with E-state index < -0.39 is 6.04 Å². The van der Waals surface area contributed by atoms with Crippen LogP contribution < -0.4 is 5.32 Å². The van der Waals surface area contributed by atoms with E-state index in [2.05, 4.69) is 23.5 Å². The second-order valence-electron chi connectivity index (χ2n) is 9.73. The highest BCUT2D eigenvalue weighted by Crippen LogP contribution is 2.35. The van der Waals surface area contributed by atoms with Gasteiger partial charge in [-0.2, -0.15) is 0 Å². The number of carbonyl (C=O) groups is 2. The molecule has 0 bridgehead atoms. The third kappa shape index (κ3) is 5.42. The van der Waals surface area contributed by atoms with Gasteiger partial charge < -0.3 is 15.0 Å². The molecule has 5 nitrogen and oxygen atoms in total. The van der Waals surface area contributed by atoms with Crippen LogP contribution in [0.4, 0.5) is 0 Å². The molecule has 33 heavy (non-hydrogen) atoms. The van der Waals surface area contributed by atoms with E-state index >= 15 is 0 Å². The summed E-state index contributed by atoms with van der Waals surface area (Å²) in [6.07, 6.45) is 2.61. The number of halogens is 1. The van der Waals surface area contributed by atoms with Gasteiger partial charge in [-0.05, 0) is 47.6 Å². The summed E-state index contributed by atoms with van der Waals surface area (Å²) in [4.78, 5) is 28.4. The fourth-order valence-corrected chi connectivity index (χ4v) is 5.20. The molecule has 0 aromatic heterocycles. The molecule has 2 amide bonds. The van der Waals surface area contributed by atoms with E-state index in [9.17, 15) is 9.59 Å². The lowest BCUT2D eigenvalue weighted by molar-refractivity contribution is -0.142. The first-order valence-corrected chi connectivity index (χ1v) is 12.2. The van der Waals surface area contributed by atoms with Gasteiger partial charge in [-0.1, -0.05) is 61.8 Å². The molecule has 0 spiro atoms. The molecular weight excluding hydrogens is 436 g/mol. The number of nitrogens with zero attached hydrogens (tertiary/aromatic N) is 1. The van der Waals surface area contributed by atoms with Gasteiger partial charge in [0, 0.05) is 49.6 Å². The van der Waals surface area contributed by atoms with Crippen LogP contribution in [-0.2, 0) is 32.7 Å². The van der Waals surface area contributed by atoms with Crippen molar-refractivity contribution in [2.24, 2.45) is 5.92 Å². The highest BCUT2D eigenvalue weighted by Gasteiger charge is 2.38. The zero-order valence-corrected chi connectivity index (χ0v) is 20.2. The van der Waals surface area contributed by atoms with Crippen LogP contribution in [0.1, 0.15) is 49.8 Å². The van der Waals surface area contributed by atoms with E-state index in [4.69, 9.17) is 16.3 Å². The average molecular weight is 469 g/mol. The minimum atomic E-state index is -0.498. The molecule has 2 aliphatic heterocycles. The van der Waals surface area contributed by atoms with Crippen LogP contribution in [0.15, 0.2) is 48.5 Å². The van der Waals surface area contributed by atoms with Crippen molar-refractivity contribution in [2.75, 3.05) is 19.8 Å². The molecule has 2 aliphatic rings. The molecule has 1 atom stereocenters. The zero-order valence-electron chi connectivity index (χ0n) is 19.5. The van der Waals surface area contributed by atoms with Crippen molar-refractivity contribution >= 4 is 23.4 Å². The minimum absolute atomic E-state index is 0.0373. The van der Waals surface area contributed by atoms with Crippen LogP contribution in [0.5, 0.6) is 0 Å². The number of nitrogens with one attached hydrogen (secondary N) is 1. The number of ether oxygens (including phenoxy) is 1. The van der Waals surface area contributed by atoms with Gasteiger partial charge in [0.05, 0.1) is 0 Å². The number of benzene rings is 2. The predicted octanol–water partition coefficient (Wildman–Crippen LogP) is 4.50. The molecular formula is C27H33ClN2O3. The SMILES string of the molecule is CC(C)CC(=O)N1Cc2ccccc2CC1C(=O)NCC1(c2cccc(Cl)c2)CCOCC1. The fourth-order valence-electron chi connectivity index (χ4n) is 5.01. The van der Waals surface area contributed by atoms with E-state index in [-0.39, 0.29) is 23.1 Å². The molecule has 0 saturated carbocycles. The Balaban J connectivity index is 1.55. The van der Waals surface area contributed by atoms with Crippen LogP contribution >= 0.6 is 11.6 Å². The first-order valence-electron chi connectivity index (χ1n) is 11.9. The Morgan fingerprint density at radius 2 is 1.85 bits per heavy atom. The van der Waals surface area contributed by atoms with Gasteiger partial charge in [-0.25, -0.2) is 0 Å². The summed E-state index contributed by atoms with van der Waals surface area (Å²) in [5, 5.41) is 3.91. The molecule has 1 N–H and O–H groups in total. The van der Waals surface area contributed by atoms with E-state index in [0.717, 1.165) is 29.5 Å². The molecule has 0 radical (unpaired) electrons. The fraction of sp³-hybridized carbons (Fsp3) is 0.481. The van der Waals surface area contributed by atoms with E-state index in [1.54, 1.807) is 4.90 Å². The summed E-state index contributed by atoms with van der Waals surface area (Å²) in [6.45, 7) is 6.35.